The summed E-state index contributed by atoms with van der Waals surface area (Å²) in [6, 6.07) is 3.48. The van der Waals surface area contributed by atoms with Crippen LogP contribution in [0.5, 0.6) is 11.8 Å². The van der Waals surface area contributed by atoms with E-state index in [1.165, 1.54) is 6.20 Å². The number of nitrogens with zero attached hydrogens (tertiary/aromatic N) is 4. The summed E-state index contributed by atoms with van der Waals surface area (Å²) >= 11 is 5.58. The number of hydrogen-bond acceptors (Lipinski definition) is 6. The molecule has 0 unspecified atom stereocenters. The minimum Gasteiger partial charge on any atom is -0.422 e. The van der Waals surface area contributed by atoms with Crippen molar-refractivity contribution in [1.82, 2.24) is 19.9 Å². The molecule has 2 rings (SSSR count). The van der Waals surface area contributed by atoms with Crippen LogP contribution in [0.2, 0.25) is 5.28 Å². The van der Waals surface area contributed by atoms with Gasteiger partial charge in [-0.2, -0.15) is 15.0 Å². The van der Waals surface area contributed by atoms with Gasteiger partial charge in [-0.3, -0.25) is 4.98 Å². The molecule has 0 fully saturated rings. The van der Waals surface area contributed by atoms with Gasteiger partial charge in [-0.05, 0) is 23.7 Å². The number of halogens is 1. The van der Waals surface area contributed by atoms with Gasteiger partial charge in [-0.25, -0.2) is 0 Å². The topological polar surface area (TPSA) is 86.8 Å². The van der Waals surface area contributed by atoms with E-state index in [0.717, 1.165) is 0 Å². The van der Waals surface area contributed by atoms with Crippen LogP contribution in [0, 0.1) is 0 Å². The zero-order valence-corrected chi connectivity index (χ0v) is 8.22. The van der Waals surface area contributed by atoms with Crippen LogP contribution in [0.4, 0.5) is 5.95 Å². The number of aromatic nitrogens is 4. The molecule has 15 heavy (non-hydrogen) atoms. The van der Waals surface area contributed by atoms with Gasteiger partial charge in [0.25, 0.3) is 0 Å². The van der Waals surface area contributed by atoms with E-state index in [9.17, 15) is 0 Å². The summed E-state index contributed by atoms with van der Waals surface area (Å²) in [5.74, 6) is 0.507. The lowest BCUT2D eigenvalue weighted by Gasteiger charge is -2.02. The van der Waals surface area contributed by atoms with Crippen molar-refractivity contribution in [3.05, 3.63) is 29.8 Å². The highest BCUT2D eigenvalue weighted by Gasteiger charge is 2.04. The smallest absolute Gasteiger partial charge is 0.328 e. The van der Waals surface area contributed by atoms with Gasteiger partial charge in [-0.1, -0.05) is 0 Å². The molecule has 2 aromatic heterocycles. The first-order valence-corrected chi connectivity index (χ1v) is 4.37. The van der Waals surface area contributed by atoms with Gasteiger partial charge in [0.15, 0.2) is 0 Å². The maximum absolute atomic E-state index is 5.58. The number of rotatable bonds is 2. The summed E-state index contributed by atoms with van der Waals surface area (Å²) in [5, 5.41) is -0.0126. The second-order valence-corrected chi connectivity index (χ2v) is 2.87. The van der Waals surface area contributed by atoms with E-state index in [-0.39, 0.29) is 17.2 Å². The molecule has 0 atom stereocenters. The second kappa shape index (κ2) is 4.05. The predicted octanol–water partition coefficient (Wildman–Crippen LogP) is 1.29. The molecule has 6 nitrogen and oxygen atoms in total. The van der Waals surface area contributed by atoms with Gasteiger partial charge in [0.05, 0.1) is 6.20 Å². The molecule has 0 aliphatic carbocycles. The molecule has 0 saturated heterocycles. The fourth-order valence-corrected chi connectivity index (χ4v) is 1.06. The first kappa shape index (κ1) is 9.60. The quantitative estimate of drug-likeness (QED) is 0.826. The van der Waals surface area contributed by atoms with Crippen molar-refractivity contribution in [2.45, 2.75) is 0 Å². The number of nitrogen functional groups attached to an aromatic ring is 1. The van der Waals surface area contributed by atoms with Crippen LogP contribution in [-0.4, -0.2) is 19.9 Å². The number of pyridine rings is 1. The van der Waals surface area contributed by atoms with E-state index in [1.54, 1.807) is 18.3 Å². The maximum atomic E-state index is 5.58. The Hall–Kier alpha value is -1.95. The molecule has 2 N–H and O–H groups in total. The van der Waals surface area contributed by atoms with Gasteiger partial charge in [0.2, 0.25) is 11.2 Å². The van der Waals surface area contributed by atoms with Crippen LogP contribution >= 0.6 is 11.6 Å². The van der Waals surface area contributed by atoms with Crippen LogP contribution < -0.4 is 10.5 Å². The van der Waals surface area contributed by atoms with E-state index >= 15 is 0 Å². The fraction of sp³-hybridized carbons (Fsp3) is 0. The molecule has 2 aromatic rings. The summed E-state index contributed by atoms with van der Waals surface area (Å²) < 4.78 is 5.25. The fourth-order valence-electron chi connectivity index (χ4n) is 0.905. The minimum atomic E-state index is -0.0126. The monoisotopic (exact) mass is 223 g/mol. The normalized spacial score (nSPS) is 9.93. The van der Waals surface area contributed by atoms with Crippen LogP contribution in [0.15, 0.2) is 24.5 Å². The number of ether oxygens (including phenoxy) is 1. The lowest BCUT2D eigenvalue weighted by molar-refractivity contribution is 0.439. The lowest BCUT2D eigenvalue weighted by Crippen LogP contribution is -2.00. The average molecular weight is 224 g/mol. The number of anilines is 1. The number of nitrogens with two attached hydrogens (primary N) is 1. The molecule has 0 bridgehead atoms. The van der Waals surface area contributed by atoms with Crippen molar-refractivity contribution in [2.75, 3.05) is 5.73 Å². The molecular formula is C8H6ClN5O. The van der Waals surface area contributed by atoms with Gasteiger partial charge in [0.1, 0.15) is 5.75 Å². The molecule has 7 heteroatoms. The molecule has 0 aromatic carbocycles. The largest absolute Gasteiger partial charge is 0.422 e. The Balaban J connectivity index is 2.25. The van der Waals surface area contributed by atoms with Crippen LogP contribution in [-0.2, 0) is 0 Å². The first-order valence-electron chi connectivity index (χ1n) is 3.99. The highest BCUT2D eigenvalue weighted by molar-refractivity contribution is 6.28. The van der Waals surface area contributed by atoms with Crippen molar-refractivity contribution in [3.63, 3.8) is 0 Å². The Bertz CT molecular complexity index is 444. The van der Waals surface area contributed by atoms with Gasteiger partial charge >= 0.3 is 6.01 Å². The Labute approximate surface area is 90.1 Å². The molecule has 0 spiro atoms. The third-order valence-corrected chi connectivity index (χ3v) is 1.62. The third kappa shape index (κ3) is 2.50. The van der Waals surface area contributed by atoms with Crippen molar-refractivity contribution in [1.29, 1.82) is 0 Å². The van der Waals surface area contributed by atoms with E-state index in [4.69, 9.17) is 22.1 Å². The number of hydrogen-bond donors (Lipinski definition) is 1. The van der Waals surface area contributed by atoms with Crippen LogP contribution in [0.25, 0.3) is 0 Å². The van der Waals surface area contributed by atoms with Crippen molar-refractivity contribution in [2.24, 2.45) is 0 Å². The molecular weight excluding hydrogens is 218 g/mol. The minimum absolute atomic E-state index is 0.00823. The summed E-state index contributed by atoms with van der Waals surface area (Å²) in [6.45, 7) is 0. The summed E-state index contributed by atoms with van der Waals surface area (Å²) in [4.78, 5) is 15.0. The Kier molecular flexibility index (Phi) is 2.59. The van der Waals surface area contributed by atoms with E-state index in [2.05, 4.69) is 19.9 Å². The molecule has 0 aliphatic rings. The van der Waals surface area contributed by atoms with Crippen molar-refractivity contribution in [3.8, 4) is 11.8 Å². The predicted molar refractivity (Wildman–Crippen MR) is 53.6 cm³/mol. The second-order valence-electron chi connectivity index (χ2n) is 2.54. The summed E-state index contributed by atoms with van der Waals surface area (Å²) in [6.07, 6.45) is 3.15. The Morgan fingerprint density at radius 1 is 1.27 bits per heavy atom. The van der Waals surface area contributed by atoms with Crippen LogP contribution in [0.3, 0.4) is 0 Å². The van der Waals surface area contributed by atoms with Crippen molar-refractivity contribution >= 4 is 17.5 Å². The van der Waals surface area contributed by atoms with E-state index < -0.39 is 0 Å². The summed E-state index contributed by atoms with van der Waals surface area (Å²) in [5.41, 5.74) is 5.37. The molecule has 0 aliphatic heterocycles. The SMILES string of the molecule is Nc1nc(Cl)nc(Oc2cccnc2)n1. The third-order valence-electron chi connectivity index (χ3n) is 1.45. The summed E-state index contributed by atoms with van der Waals surface area (Å²) in [7, 11) is 0. The van der Waals surface area contributed by atoms with E-state index in [1.807, 2.05) is 0 Å². The van der Waals surface area contributed by atoms with E-state index in [0.29, 0.717) is 5.75 Å². The molecule has 0 saturated carbocycles. The molecule has 0 radical (unpaired) electrons. The molecule has 76 valence electrons. The Morgan fingerprint density at radius 2 is 2.13 bits per heavy atom. The van der Waals surface area contributed by atoms with Crippen molar-refractivity contribution < 1.29 is 4.74 Å². The van der Waals surface area contributed by atoms with Crippen LogP contribution in [0.1, 0.15) is 0 Å². The molecule has 2 heterocycles. The lowest BCUT2D eigenvalue weighted by atomic mass is 10.5. The molecule has 0 amide bonds. The highest BCUT2D eigenvalue weighted by atomic mass is 35.5. The highest BCUT2D eigenvalue weighted by Crippen LogP contribution is 2.17. The van der Waals surface area contributed by atoms with Gasteiger partial charge < -0.3 is 10.5 Å². The van der Waals surface area contributed by atoms with Gasteiger partial charge in [-0.15, -0.1) is 0 Å². The Morgan fingerprint density at radius 3 is 2.80 bits per heavy atom. The zero-order chi connectivity index (χ0) is 10.7. The zero-order valence-electron chi connectivity index (χ0n) is 7.46. The first-order chi connectivity index (χ1) is 7.24. The maximum Gasteiger partial charge on any atom is 0.328 e. The van der Waals surface area contributed by atoms with Gasteiger partial charge in [0, 0.05) is 6.20 Å². The average Bonchev–Trinajstić information content (AvgIpc) is 2.17. The standard InChI is InChI=1S/C8H6ClN5O/c9-6-12-7(10)14-8(13-6)15-5-2-1-3-11-4-5/h1-4H,(H2,10,12,13,14).